The molecule has 4 rings (SSSR count). The number of fused-ring (bicyclic) bond motifs is 2. The zero-order valence-corrected chi connectivity index (χ0v) is 13.0. The molecule has 4 nitrogen and oxygen atoms in total. The fourth-order valence-electron chi connectivity index (χ4n) is 3.40. The first-order valence-corrected chi connectivity index (χ1v) is 7.71. The van der Waals surface area contributed by atoms with Gasteiger partial charge >= 0.3 is 0 Å². The predicted octanol–water partition coefficient (Wildman–Crippen LogP) is 3.44. The number of aromatic nitrogens is 3. The van der Waals surface area contributed by atoms with Gasteiger partial charge in [0.2, 0.25) is 0 Å². The highest BCUT2D eigenvalue weighted by Gasteiger charge is 2.39. The van der Waals surface area contributed by atoms with E-state index in [9.17, 15) is 0 Å². The van der Waals surface area contributed by atoms with Crippen molar-refractivity contribution in [3.05, 3.63) is 40.6 Å². The van der Waals surface area contributed by atoms with Crippen molar-refractivity contribution in [2.75, 3.05) is 11.4 Å². The van der Waals surface area contributed by atoms with Crippen LogP contribution in [0.2, 0.25) is 5.15 Å². The molecule has 0 spiro atoms. The summed E-state index contributed by atoms with van der Waals surface area (Å²) < 4.78 is 0. The summed E-state index contributed by atoms with van der Waals surface area (Å²) in [5.41, 5.74) is 5.04. The highest BCUT2D eigenvalue weighted by Crippen LogP contribution is 2.44. The highest BCUT2D eigenvalue weighted by molar-refractivity contribution is 6.29. The normalized spacial score (nSPS) is 18.7. The van der Waals surface area contributed by atoms with Crippen molar-refractivity contribution in [1.29, 1.82) is 0 Å². The molecule has 0 fully saturated rings. The number of nitrogens with zero attached hydrogens (tertiary/aromatic N) is 4. The first-order chi connectivity index (χ1) is 10.0. The van der Waals surface area contributed by atoms with Gasteiger partial charge in [0.05, 0.1) is 11.4 Å². The molecule has 0 unspecified atom stereocenters. The molecule has 0 N–H and O–H groups in total. The Morgan fingerprint density at radius 3 is 2.86 bits per heavy atom. The smallest absolute Gasteiger partial charge is 0.137 e. The summed E-state index contributed by atoms with van der Waals surface area (Å²) in [7, 11) is 0. The van der Waals surface area contributed by atoms with Crippen LogP contribution in [-0.2, 0) is 18.3 Å². The number of pyridine rings is 1. The van der Waals surface area contributed by atoms with Crippen LogP contribution in [0, 0.1) is 0 Å². The lowest BCUT2D eigenvalue weighted by Gasteiger charge is -2.20. The Morgan fingerprint density at radius 2 is 2.05 bits per heavy atom. The highest BCUT2D eigenvalue weighted by atomic mass is 35.5. The van der Waals surface area contributed by atoms with Crippen LogP contribution >= 0.6 is 11.6 Å². The van der Waals surface area contributed by atoms with Gasteiger partial charge in [-0.25, -0.2) is 9.97 Å². The van der Waals surface area contributed by atoms with E-state index in [1.807, 2.05) is 6.07 Å². The Balaban J connectivity index is 1.87. The van der Waals surface area contributed by atoms with E-state index in [4.69, 9.17) is 16.6 Å². The van der Waals surface area contributed by atoms with E-state index in [-0.39, 0.29) is 5.41 Å². The molecule has 3 heterocycles. The molecule has 21 heavy (non-hydrogen) atoms. The molecule has 0 saturated heterocycles. The average molecular weight is 301 g/mol. The minimum atomic E-state index is 0.0182. The molecule has 0 radical (unpaired) electrons. The van der Waals surface area contributed by atoms with Gasteiger partial charge in [-0.15, -0.1) is 0 Å². The first kappa shape index (κ1) is 13.0. The number of aryl methyl sites for hydroxylation is 2. The summed E-state index contributed by atoms with van der Waals surface area (Å²) in [4.78, 5) is 15.5. The van der Waals surface area contributed by atoms with E-state index < -0.39 is 0 Å². The zero-order chi connectivity index (χ0) is 14.6. The minimum absolute atomic E-state index is 0.0182. The molecule has 2 aromatic heterocycles. The lowest BCUT2D eigenvalue weighted by Crippen LogP contribution is -2.26. The van der Waals surface area contributed by atoms with Crippen LogP contribution in [0.5, 0.6) is 0 Å². The molecule has 0 aromatic carbocycles. The maximum Gasteiger partial charge on any atom is 0.137 e. The van der Waals surface area contributed by atoms with E-state index in [0.717, 1.165) is 25.2 Å². The van der Waals surface area contributed by atoms with Gasteiger partial charge in [0.15, 0.2) is 0 Å². The molecular weight excluding hydrogens is 284 g/mol. The predicted molar refractivity (Wildman–Crippen MR) is 83.3 cm³/mol. The van der Waals surface area contributed by atoms with Gasteiger partial charge in [-0.1, -0.05) is 25.4 Å². The van der Waals surface area contributed by atoms with Crippen molar-refractivity contribution in [3.63, 3.8) is 0 Å². The lowest BCUT2D eigenvalue weighted by atomic mass is 9.91. The number of halogens is 1. The van der Waals surface area contributed by atoms with Crippen molar-refractivity contribution in [2.24, 2.45) is 0 Å². The van der Waals surface area contributed by atoms with Crippen LogP contribution < -0.4 is 4.90 Å². The van der Waals surface area contributed by atoms with E-state index in [2.05, 4.69) is 34.8 Å². The van der Waals surface area contributed by atoms with Gasteiger partial charge in [-0.05, 0) is 30.9 Å². The second-order valence-electron chi connectivity index (χ2n) is 6.48. The maximum absolute atomic E-state index is 6.02. The molecule has 5 heteroatoms. The third kappa shape index (κ3) is 2.01. The molecule has 108 valence electrons. The van der Waals surface area contributed by atoms with Crippen LogP contribution in [0.3, 0.4) is 0 Å². The molecule has 1 aliphatic carbocycles. The number of rotatable bonds is 1. The van der Waals surface area contributed by atoms with Crippen molar-refractivity contribution in [1.82, 2.24) is 15.0 Å². The van der Waals surface area contributed by atoms with Crippen LogP contribution in [0.15, 0.2) is 18.5 Å². The molecule has 0 atom stereocenters. The minimum Gasteiger partial charge on any atom is -0.324 e. The molecular formula is C16H17ClN4. The lowest BCUT2D eigenvalue weighted by molar-refractivity contribution is 0.550. The Labute approximate surface area is 129 Å². The maximum atomic E-state index is 6.02. The number of hydrogen-bond acceptors (Lipinski definition) is 4. The van der Waals surface area contributed by atoms with Gasteiger partial charge in [0, 0.05) is 23.7 Å². The van der Waals surface area contributed by atoms with Crippen LogP contribution in [0.1, 0.15) is 37.2 Å². The zero-order valence-electron chi connectivity index (χ0n) is 12.2. The summed E-state index contributed by atoms with van der Waals surface area (Å²) in [6.07, 6.45) is 4.97. The van der Waals surface area contributed by atoms with Crippen molar-refractivity contribution in [3.8, 4) is 0 Å². The SMILES string of the molecule is CC1(C)CN(c2cc(Cl)ncn2)c2cc3c(nc21)CCC3. The molecule has 0 amide bonds. The topological polar surface area (TPSA) is 41.9 Å². The standard InChI is InChI=1S/C16H17ClN4/c1-16(2)8-21(14-7-13(17)18-9-19-14)12-6-10-4-3-5-11(10)20-15(12)16/h6-7,9H,3-5,8H2,1-2H3. The second-order valence-corrected chi connectivity index (χ2v) is 6.87. The Kier molecular flexibility index (Phi) is 2.73. The summed E-state index contributed by atoms with van der Waals surface area (Å²) in [5, 5.41) is 0.473. The van der Waals surface area contributed by atoms with Crippen molar-refractivity contribution < 1.29 is 0 Å². The summed E-state index contributed by atoms with van der Waals surface area (Å²) in [6.45, 7) is 5.34. The molecule has 2 aromatic rings. The molecule has 0 bridgehead atoms. The molecule has 2 aliphatic rings. The van der Waals surface area contributed by atoms with Crippen molar-refractivity contribution >= 4 is 23.1 Å². The number of hydrogen-bond donors (Lipinski definition) is 0. The van der Waals surface area contributed by atoms with Crippen LogP contribution in [0.4, 0.5) is 11.5 Å². The first-order valence-electron chi connectivity index (χ1n) is 7.33. The van der Waals surface area contributed by atoms with E-state index in [0.29, 0.717) is 5.15 Å². The second kappa shape index (κ2) is 4.41. The summed E-state index contributed by atoms with van der Waals surface area (Å²) in [6, 6.07) is 4.12. The quantitative estimate of drug-likeness (QED) is 0.757. The van der Waals surface area contributed by atoms with Gasteiger partial charge in [0.25, 0.3) is 0 Å². The fraction of sp³-hybridized carbons (Fsp3) is 0.438. The Hall–Kier alpha value is -1.68. The van der Waals surface area contributed by atoms with Crippen LogP contribution in [-0.4, -0.2) is 21.5 Å². The van der Waals surface area contributed by atoms with Gasteiger partial charge in [-0.2, -0.15) is 0 Å². The van der Waals surface area contributed by atoms with Gasteiger partial charge < -0.3 is 4.90 Å². The summed E-state index contributed by atoms with van der Waals surface area (Å²) in [5.74, 6) is 0.849. The largest absolute Gasteiger partial charge is 0.324 e. The third-order valence-corrected chi connectivity index (χ3v) is 4.62. The fourth-order valence-corrected chi connectivity index (χ4v) is 3.54. The van der Waals surface area contributed by atoms with E-state index >= 15 is 0 Å². The molecule has 0 saturated carbocycles. The van der Waals surface area contributed by atoms with Crippen molar-refractivity contribution in [2.45, 2.75) is 38.5 Å². The third-order valence-electron chi connectivity index (χ3n) is 4.41. The Bertz CT molecular complexity index is 726. The number of anilines is 2. The van der Waals surface area contributed by atoms with Gasteiger partial charge in [-0.3, -0.25) is 4.98 Å². The van der Waals surface area contributed by atoms with E-state index in [1.165, 1.54) is 35.4 Å². The van der Waals surface area contributed by atoms with E-state index in [1.54, 1.807) is 0 Å². The van der Waals surface area contributed by atoms with Crippen LogP contribution in [0.25, 0.3) is 0 Å². The monoisotopic (exact) mass is 300 g/mol. The van der Waals surface area contributed by atoms with Gasteiger partial charge in [0.1, 0.15) is 17.3 Å². The molecule has 1 aliphatic heterocycles. The Morgan fingerprint density at radius 1 is 1.19 bits per heavy atom. The summed E-state index contributed by atoms with van der Waals surface area (Å²) >= 11 is 6.02. The average Bonchev–Trinajstić information content (AvgIpc) is 3.00.